The van der Waals surface area contributed by atoms with Crippen LogP contribution in [0, 0.1) is 11.6 Å². The van der Waals surface area contributed by atoms with Crippen LogP contribution in [0.1, 0.15) is 18.5 Å². The third-order valence-corrected chi connectivity index (χ3v) is 4.89. The lowest BCUT2D eigenvalue weighted by Gasteiger charge is -2.15. The molecule has 0 saturated carbocycles. The molecule has 7 heteroatoms. The summed E-state index contributed by atoms with van der Waals surface area (Å²) in [6.45, 7) is 1.57. The molecule has 3 nitrogen and oxygen atoms in total. The van der Waals surface area contributed by atoms with Gasteiger partial charge in [-0.05, 0) is 42.8 Å². The molecule has 0 bridgehead atoms. The van der Waals surface area contributed by atoms with Crippen LogP contribution >= 0.6 is 11.6 Å². The van der Waals surface area contributed by atoms with Crippen molar-refractivity contribution < 1.29 is 17.2 Å². The molecule has 0 heterocycles. The second-order valence-corrected chi connectivity index (χ2v) is 6.56. The standard InChI is InChI=1S/C14H12ClF2NO2S/c1-9(10-3-2-4-11(16)7-10)18-21(19,20)14-6-5-12(17)8-13(14)15/h2-9,18H,1H3/t9-/m1/s1. The van der Waals surface area contributed by atoms with Gasteiger partial charge in [0.1, 0.15) is 16.5 Å². The zero-order valence-electron chi connectivity index (χ0n) is 11.0. The first-order valence-corrected chi connectivity index (χ1v) is 7.88. The van der Waals surface area contributed by atoms with Crippen molar-refractivity contribution in [3.63, 3.8) is 0 Å². The van der Waals surface area contributed by atoms with Gasteiger partial charge in [-0.25, -0.2) is 21.9 Å². The van der Waals surface area contributed by atoms with Gasteiger partial charge in [0, 0.05) is 6.04 Å². The smallest absolute Gasteiger partial charge is 0.207 e. The van der Waals surface area contributed by atoms with E-state index in [2.05, 4.69) is 4.72 Å². The Hall–Kier alpha value is -1.50. The van der Waals surface area contributed by atoms with Crippen LogP contribution in [0.25, 0.3) is 0 Å². The third-order valence-electron chi connectivity index (χ3n) is 2.86. The molecule has 0 unspecified atom stereocenters. The predicted octanol–water partition coefficient (Wildman–Crippen LogP) is 3.66. The van der Waals surface area contributed by atoms with Gasteiger partial charge in [0.2, 0.25) is 10.0 Å². The van der Waals surface area contributed by atoms with Gasteiger partial charge in [0.25, 0.3) is 0 Å². The Kier molecular flexibility index (Phi) is 4.61. The van der Waals surface area contributed by atoms with Crippen LogP contribution in [0.15, 0.2) is 47.4 Å². The van der Waals surface area contributed by atoms with Crippen molar-refractivity contribution in [2.24, 2.45) is 0 Å². The molecule has 1 N–H and O–H groups in total. The fourth-order valence-electron chi connectivity index (χ4n) is 1.83. The number of nitrogens with one attached hydrogen (secondary N) is 1. The molecular formula is C14H12ClF2NO2S. The number of hydrogen-bond acceptors (Lipinski definition) is 2. The molecule has 1 atom stereocenters. The fourth-order valence-corrected chi connectivity index (χ4v) is 3.60. The Bertz CT molecular complexity index is 765. The maximum Gasteiger partial charge on any atom is 0.242 e. The molecule has 112 valence electrons. The zero-order chi connectivity index (χ0) is 15.6. The van der Waals surface area contributed by atoms with E-state index in [0.717, 1.165) is 18.2 Å². The van der Waals surface area contributed by atoms with Crippen molar-refractivity contribution in [3.05, 3.63) is 64.7 Å². The Morgan fingerprint density at radius 2 is 1.76 bits per heavy atom. The molecule has 0 spiro atoms. The highest BCUT2D eigenvalue weighted by molar-refractivity contribution is 7.89. The normalized spacial score (nSPS) is 13.1. The number of sulfonamides is 1. The molecule has 0 aromatic heterocycles. The second-order valence-electron chi connectivity index (χ2n) is 4.47. The molecule has 0 saturated heterocycles. The van der Waals surface area contributed by atoms with E-state index in [4.69, 9.17) is 11.6 Å². The number of benzene rings is 2. The van der Waals surface area contributed by atoms with E-state index in [1.807, 2.05) is 0 Å². The molecule has 2 aromatic rings. The fraction of sp³-hybridized carbons (Fsp3) is 0.143. The van der Waals surface area contributed by atoms with Gasteiger partial charge < -0.3 is 0 Å². The minimum atomic E-state index is -3.94. The molecule has 2 aromatic carbocycles. The summed E-state index contributed by atoms with van der Waals surface area (Å²) in [5.74, 6) is -1.09. The first kappa shape index (κ1) is 15.9. The average molecular weight is 332 g/mol. The summed E-state index contributed by atoms with van der Waals surface area (Å²) >= 11 is 5.75. The number of hydrogen-bond donors (Lipinski definition) is 1. The van der Waals surface area contributed by atoms with E-state index in [0.29, 0.717) is 5.56 Å². The van der Waals surface area contributed by atoms with Crippen LogP contribution in [-0.2, 0) is 10.0 Å². The summed E-state index contributed by atoms with van der Waals surface area (Å²) in [7, 11) is -3.94. The Morgan fingerprint density at radius 1 is 1.10 bits per heavy atom. The van der Waals surface area contributed by atoms with E-state index in [1.54, 1.807) is 13.0 Å². The first-order chi connectivity index (χ1) is 9.79. The van der Waals surface area contributed by atoms with Gasteiger partial charge in [0.05, 0.1) is 5.02 Å². The lowest BCUT2D eigenvalue weighted by atomic mass is 10.1. The highest BCUT2D eigenvalue weighted by Crippen LogP contribution is 2.24. The van der Waals surface area contributed by atoms with Crippen LogP contribution < -0.4 is 4.72 Å². The van der Waals surface area contributed by atoms with Crippen LogP contribution in [0.4, 0.5) is 8.78 Å². The Balaban J connectivity index is 2.29. The van der Waals surface area contributed by atoms with Crippen molar-refractivity contribution in [1.29, 1.82) is 0 Å². The summed E-state index contributed by atoms with van der Waals surface area (Å²) in [6, 6.07) is 7.94. The lowest BCUT2D eigenvalue weighted by molar-refractivity contribution is 0.564. The maximum absolute atomic E-state index is 13.2. The summed E-state index contributed by atoms with van der Waals surface area (Å²) < 4.78 is 52.9. The van der Waals surface area contributed by atoms with Gasteiger partial charge in [-0.2, -0.15) is 0 Å². The lowest BCUT2D eigenvalue weighted by Crippen LogP contribution is -2.27. The Labute approximate surface area is 126 Å². The Morgan fingerprint density at radius 3 is 2.38 bits per heavy atom. The summed E-state index contributed by atoms with van der Waals surface area (Å²) in [4.78, 5) is -0.228. The first-order valence-electron chi connectivity index (χ1n) is 6.02. The summed E-state index contributed by atoms with van der Waals surface area (Å²) in [5, 5.41) is -0.214. The third kappa shape index (κ3) is 3.78. The van der Waals surface area contributed by atoms with Crippen LogP contribution in [0.3, 0.4) is 0 Å². The van der Waals surface area contributed by atoms with Crippen LogP contribution in [-0.4, -0.2) is 8.42 Å². The number of halogens is 3. The van der Waals surface area contributed by atoms with Crippen LogP contribution in [0.5, 0.6) is 0 Å². The molecule has 0 fully saturated rings. The summed E-state index contributed by atoms with van der Waals surface area (Å²) in [5.41, 5.74) is 0.469. The average Bonchev–Trinajstić information content (AvgIpc) is 2.37. The van der Waals surface area contributed by atoms with Crippen LogP contribution in [0.2, 0.25) is 5.02 Å². The van der Waals surface area contributed by atoms with Gasteiger partial charge in [-0.15, -0.1) is 0 Å². The van der Waals surface area contributed by atoms with E-state index < -0.39 is 27.7 Å². The molecule has 0 radical (unpaired) electrons. The predicted molar refractivity (Wildman–Crippen MR) is 76.5 cm³/mol. The largest absolute Gasteiger partial charge is 0.242 e. The maximum atomic E-state index is 13.2. The van der Waals surface area contributed by atoms with Crippen molar-refractivity contribution in [1.82, 2.24) is 4.72 Å². The van der Waals surface area contributed by atoms with E-state index in [9.17, 15) is 17.2 Å². The minimum absolute atomic E-state index is 0.214. The topological polar surface area (TPSA) is 46.2 Å². The zero-order valence-corrected chi connectivity index (χ0v) is 12.5. The highest BCUT2D eigenvalue weighted by atomic mass is 35.5. The van der Waals surface area contributed by atoms with Gasteiger partial charge >= 0.3 is 0 Å². The van der Waals surface area contributed by atoms with Gasteiger partial charge in [-0.3, -0.25) is 0 Å². The van der Waals surface area contributed by atoms with Crippen molar-refractivity contribution >= 4 is 21.6 Å². The highest BCUT2D eigenvalue weighted by Gasteiger charge is 2.21. The van der Waals surface area contributed by atoms with E-state index >= 15 is 0 Å². The molecule has 0 amide bonds. The van der Waals surface area contributed by atoms with Gasteiger partial charge in [0.15, 0.2) is 0 Å². The molecular weight excluding hydrogens is 320 g/mol. The minimum Gasteiger partial charge on any atom is -0.207 e. The molecule has 0 aliphatic carbocycles. The quantitative estimate of drug-likeness (QED) is 0.929. The summed E-state index contributed by atoms with van der Waals surface area (Å²) in [6.07, 6.45) is 0. The molecule has 0 aliphatic rings. The SMILES string of the molecule is C[C@@H](NS(=O)(=O)c1ccc(F)cc1Cl)c1cccc(F)c1. The van der Waals surface area contributed by atoms with Crippen molar-refractivity contribution in [2.45, 2.75) is 17.9 Å². The van der Waals surface area contributed by atoms with E-state index in [1.165, 1.54) is 18.2 Å². The second kappa shape index (κ2) is 6.09. The van der Waals surface area contributed by atoms with E-state index in [-0.39, 0.29) is 9.92 Å². The van der Waals surface area contributed by atoms with Gasteiger partial charge in [-0.1, -0.05) is 23.7 Å². The molecule has 21 heavy (non-hydrogen) atoms. The van der Waals surface area contributed by atoms with Crippen molar-refractivity contribution in [3.8, 4) is 0 Å². The van der Waals surface area contributed by atoms with Crippen molar-refractivity contribution in [2.75, 3.05) is 0 Å². The molecule has 2 rings (SSSR count). The molecule has 0 aliphatic heterocycles. The number of rotatable bonds is 4. The monoisotopic (exact) mass is 331 g/mol.